The average molecular weight is 190 g/mol. The first-order chi connectivity index (χ1) is 6.45. The fraction of sp³-hybridized carbons (Fsp3) is 0.333. The van der Waals surface area contributed by atoms with Crippen LogP contribution in [0.2, 0.25) is 0 Å². The van der Waals surface area contributed by atoms with E-state index in [9.17, 15) is 0 Å². The third kappa shape index (κ3) is 2.63. The molecule has 0 aliphatic carbocycles. The van der Waals surface area contributed by atoms with E-state index < -0.39 is 0 Å². The Labute approximate surface area is 84.0 Å². The molecule has 13 heavy (non-hydrogen) atoms. The maximum atomic E-state index is 2.39. The lowest BCUT2D eigenvalue weighted by Crippen LogP contribution is -1.93. The average Bonchev–Trinajstić information content (AvgIpc) is 2.21. The van der Waals surface area contributed by atoms with Crippen LogP contribution >= 0.6 is 11.8 Å². The molecule has 0 aromatic heterocycles. The van der Waals surface area contributed by atoms with Gasteiger partial charge in [0.2, 0.25) is 0 Å². The van der Waals surface area contributed by atoms with Gasteiger partial charge < -0.3 is 0 Å². The lowest BCUT2D eigenvalue weighted by atomic mass is 10.1. The molecule has 0 nitrogen and oxygen atoms in total. The molecule has 1 aromatic carbocycles. The van der Waals surface area contributed by atoms with Crippen LogP contribution < -0.4 is 0 Å². The fourth-order valence-corrected chi connectivity index (χ4v) is 2.61. The predicted octanol–water partition coefficient (Wildman–Crippen LogP) is 3.64. The van der Waals surface area contributed by atoms with E-state index in [0.717, 1.165) is 6.42 Å². The number of hydrogen-bond acceptors (Lipinski definition) is 1. The van der Waals surface area contributed by atoms with Gasteiger partial charge in [-0.3, -0.25) is 0 Å². The lowest BCUT2D eigenvalue weighted by molar-refractivity contribution is 0.949. The van der Waals surface area contributed by atoms with Crippen LogP contribution in [0.1, 0.15) is 18.4 Å². The van der Waals surface area contributed by atoms with E-state index in [1.165, 1.54) is 24.2 Å². The summed E-state index contributed by atoms with van der Waals surface area (Å²) in [5.74, 6) is 1.30. The Balaban J connectivity index is 2.01. The smallest absolute Gasteiger partial charge is 0.00312 e. The summed E-state index contributed by atoms with van der Waals surface area (Å²) in [4.78, 5) is 1.55. The minimum Gasteiger partial charge on any atom is -0.131 e. The highest BCUT2D eigenvalue weighted by Crippen LogP contribution is 2.26. The van der Waals surface area contributed by atoms with Crippen LogP contribution in [0.25, 0.3) is 0 Å². The highest BCUT2D eigenvalue weighted by atomic mass is 32.2. The molecule has 0 bridgehead atoms. The lowest BCUT2D eigenvalue weighted by Gasteiger charge is -2.11. The van der Waals surface area contributed by atoms with Crippen molar-refractivity contribution in [2.75, 3.05) is 5.75 Å². The van der Waals surface area contributed by atoms with E-state index in [1.807, 2.05) is 11.8 Å². The van der Waals surface area contributed by atoms with Crippen molar-refractivity contribution >= 4 is 11.8 Å². The summed E-state index contributed by atoms with van der Waals surface area (Å²) in [6.45, 7) is 0. The molecule has 1 aromatic rings. The van der Waals surface area contributed by atoms with Gasteiger partial charge in [0.25, 0.3) is 0 Å². The summed E-state index contributed by atoms with van der Waals surface area (Å²) in [5.41, 5.74) is 1.43. The Morgan fingerprint density at radius 1 is 1.15 bits per heavy atom. The summed E-state index contributed by atoms with van der Waals surface area (Å²) in [6.07, 6.45) is 6.14. The second-order valence-electron chi connectivity index (χ2n) is 3.32. The molecule has 1 aliphatic heterocycles. The maximum absolute atomic E-state index is 2.39. The Morgan fingerprint density at radius 2 is 2.00 bits per heavy atom. The molecule has 0 N–H and O–H groups in total. The molecule has 1 aliphatic rings. The van der Waals surface area contributed by atoms with Crippen molar-refractivity contribution in [2.45, 2.75) is 19.3 Å². The van der Waals surface area contributed by atoms with E-state index in [2.05, 4.69) is 36.4 Å². The van der Waals surface area contributed by atoms with Crippen LogP contribution in [0.4, 0.5) is 0 Å². The van der Waals surface area contributed by atoms with Crippen molar-refractivity contribution in [1.82, 2.24) is 0 Å². The van der Waals surface area contributed by atoms with Gasteiger partial charge in [-0.1, -0.05) is 36.4 Å². The Bertz CT molecular complexity index is 287. The Hall–Kier alpha value is -0.690. The fourth-order valence-electron chi connectivity index (χ4n) is 1.53. The first-order valence-corrected chi connectivity index (χ1v) is 5.79. The van der Waals surface area contributed by atoms with Gasteiger partial charge in [-0.2, -0.15) is 0 Å². The SMILES string of the molecule is C1=C(Cc2ccccc2)SCCC1. The van der Waals surface area contributed by atoms with Crippen LogP contribution in [-0.4, -0.2) is 5.75 Å². The van der Waals surface area contributed by atoms with Gasteiger partial charge in [0, 0.05) is 6.42 Å². The van der Waals surface area contributed by atoms with Crippen molar-refractivity contribution in [1.29, 1.82) is 0 Å². The van der Waals surface area contributed by atoms with Crippen molar-refractivity contribution in [3.63, 3.8) is 0 Å². The molecule has 0 saturated heterocycles. The zero-order valence-corrected chi connectivity index (χ0v) is 8.52. The largest absolute Gasteiger partial charge is 0.131 e. The van der Waals surface area contributed by atoms with E-state index in [-0.39, 0.29) is 0 Å². The molecular formula is C12H14S. The predicted molar refractivity (Wildman–Crippen MR) is 59.9 cm³/mol. The second kappa shape index (κ2) is 4.52. The van der Waals surface area contributed by atoms with Crippen LogP contribution in [0.3, 0.4) is 0 Å². The molecule has 0 atom stereocenters. The van der Waals surface area contributed by atoms with Crippen LogP contribution in [0.5, 0.6) is 0 Å². The zero-order chi connectivity index (χ0) is 8.93. The molecule has 0 unspecified atom stereocenters. The van der Waals surface area contributed by atoms with Gasteiger partial charge in [-0.25, -0.2) is 0 Å². The first-order valence-electron chi connectivity index (χ1n) is 4.81. The first kappa shape index (κ1) is 8.89. The van der Waals surface area contributed by atoms with E-state index in [4.69, 9.17) is 0 Å². The molecule has 0 radical (unpaired) electrons. The number of hydrogen-bond donors (Lipinski definition) is 0. The Morgan fingerprint density at radius 3 is 2.69 bits per heavy atom. The van der Waals surface area contributed by atoms with Crippen molar-refractivity contribution in [3.8, 4) is 0 Å². The van der Waals surface area contributed by atoms with Crippen LogP contribution in [0, 0.1) is 0 Å². The number of benzene rings is 1. The molecule has 2 rings (SSSR count). The summed E-state index contributed by atoms with van der Waals surface area (Å²) in [5, 5.41) is 0. The number of allylic oxidation sites excluding steroid dienone is 2. The Kier molecular flexibility index (Phi) is 3.09. The van der Waals surface area contributed by atoms with Gasteiger partial charge in [0.1, 0.15) is 0 Å². The summed E-state index contributed by atoms with van der Waals surface area (Å²) < 4.78 is 0. The monoisotopic (exact) mass is 190 g/mol. The molecular weight excluding hydrogens is 176 g/mol. The standard InChI is InChI=1S/C12H14S/c1-2-6-11(7-3-1)10-12-8-4-5-9-13-12/h1-3,6-8H,4-5,9-10H2. The van der Waals surface area contributed by atoms with Gasteiger partial charge in [0.05, 0.1) is 0 Å². The third-order valence-corrected chi connectivity index (χ3v) is 3.40. The molecule has 0 amide bonds. The minimum absolute atomic E-state index is 1.13. The molecule has 68 valence electrons. The quantitative estimate of drug-likeness (QED) is 0.686. The molecule has 0 saturated carbocycles. The highest BCUT2D eigenvalue weighted by molar-refractivity contribution is 8.03. The molecule has 1 heterocycles. The molecule has 1 heteroatoms. The van der Waals surface area contributed by atoms with Gasteiger partial charge in [-0.15, -0.1) is 11.8 Å². The third-order valence-electron chi connectivity index (χ3n) is 2.23. The minimum atomic E-state index is 1.13. The summed E-state index contributed by atoms with van der Waals surface area (Å²) >= 11 is 2.02. The van der Waals surface area contributed by atoms with E-state index in [1.54, 1.807) is 4.91 Å². The van der Waals surface area contributed by atoms with E-state index in [0.29, 0.717) is 0 Å². The van der Waals surface area contributed by atoms with Crippen LogP contribution in [-0.2, 0) is 6.42 Å². The second-order valence-corrected chi connectivity index (χ2v) is 4.54. The highest BCUT2D eigenvalue weighted by Gasteiger charge is 2.04. The number of thioether (sulfide) groups is 1. The molecule has 0 fully saturated rings. The topological polar surface area (TPSA) is 0 Å². The van der Waals surface area contributed by atoms with Crippen molar-refractivity contribution in [2.24, 2.45) is 0 Å². The van der Waals surface area contributed by atoms with Crippen LogP contribution in [0.15, 0.2) is 41.3 Å². The summed E-state index contributed by atoms with van der Waals surface area (Å²) in [7, 11) is 0. The van der Waals surface area contributed by atoms with Crippen molar-refractivity contribution < 1.29 is 0 Å². The van der Waals surface area contributed by atoms with E-state index >= 15 is 0 Å². The molecule has 0 spiro atoms. The van der Waals surface area contributed by atoms with Gasteiger partial charge in [0.15, 0.2) is 0 Å². The normalized spacial score (nSPS) is 16.8. The zero-order valence-electron chi connectivity index (χ0n) is 7.70. The van der Waals surface area contributed by atoms with Gasteiger partial charge in [-0.05, 0) is 29.1 Å². The van der Waals surface area contributed by atoms with Gasteiger partial charge >= 0.3 is 0 Å². The summed E-state index contributed by atoms with van der Waals surface area (Å²) in [6, 6.07) is 10.7. The number of rotatable bonds is 2. The maximum Gasteiger partial charge on any atom is 0.00312 e. The van der Waals surface area contributed by atoms with Crippen molar-refractivity contribution in [3.05, 3.63) is 46.9 Å².